The SMILES string of the molecule is CCNC1CCCN(C(=O)c2ccc(C(C)C)cc2)C1. The number of carbonyl (C=O) groups is 1. The van der Waals surface area contributed by atoms with Crippen molar-refractivity contribution in [3.05, 3.63) is 35.4 Å². The van der Waals surface area contributed by atoms with E-state index in [-0.39, 0.29) is 5.91 Å². The molecule has 1 atom stereocenters. The van der Waals surface area contributed by atoms with Crippen molar-refractivity contribution in [2.24, 2.45) is 0 Å². The van der Waals surface area contributed by atoms with Gasteiger partial charge in [0.1, 0.15) is 0 Å². The summed E-state index contributed by atoms with van der Waals surface area (Å²) in [5.74, 6) is 0.676. The van der Waals surface area contributed by atoms with E-state index in [0.29, 0.717) is 12.0 Å². The fraction of sp³-hybridized carbons (Fsp3) is 0.588. The Hall–Kier alpha value is -1.35. The normalized spacial score (nSPS) is 19.4. The van der Waals surface area contributed by atoms with Crippen LogP contribution in [-0.4, -0.2) is 36.5 Å². The minimum Gasteiger partial charge on any atom is -0.337 e. The monoisotopic (exact) mass is 274 g/mol. The van der Waals surface area contributed by atoms with Crippen molar-refractivity contribution < 1.29 is 4.79 Å². The molecule has 3 heteroatoms. The molecule has 1 aromatic carbocycles. The summed E-state index contributed by atoms with van der Waals surface area (Å²) in [7, 11) is 0. The molecule has 0 aromatic heterocycles. The van der Waals surface area contributed by atoms with Crippen LogP contribution in [0, 0.1) is 0 Å². The van der Waals surface area contributed by atoms with Crippen LogP contribution >= 0.6 is 0 Å². The predicted molar refractivity (Wildman–Crippen MR) is 83.1 cm³/mol. The smallest absolute Gasteiger partial charge is 0.253 e. The summed E-state index contributed by atoms with van der Waals surface area (Å²) in [6.07, 6.45) is 2.26. The zero-order valence-electron chi connectivity index (χ0n) is 12.9. The lowest BCUT2D eigenvalue weighted by molar-refractivity contribution is 0.0695. The molecular formula is C17H26N2O. The zero-order valence-corrected chi connectivity index (χ0v) is 12.9. The van der Waals surface area contributed by atoms with Gasteiger partial charge < -0.3 is 10.2 Å². The lowest BCUT2D eigenvalue weighted by Crippen LogP contribution is -2.47. The molecule has 3 nitrogen and oxygen atoms in total. The van der Waals surface area contributed by atoms with Gasteiger partial charge in [-0.05, 0) is 43.0 Å². The Balaban J connectivity index is 2.02. The molecule has 0 aliphatic carbocycles. The summed E-state index contributed by atoms with van der Waals surface area (Å²) >= 11 is 0. The molecule has 1 amide bonds. The fourth-order valence-corrected chi connectivity index (χ4v) is 2.81. The minimum absolute atomic E-state index is 0.169. The summed E-state index contributed by atoms with van der Waals surface area (Å²) in [6, 6.07) is 8.53. The number of amides is 1. The maximum Gasteiger partial charge on any atom is 0.253 e. The van der Waals surface area contributed by atoms with Gasteiger partial charge in [-0.1, -0.05) is 32.9 Å². The lowest BCUT2D eigenvalue weighted by atomic mass is 10.0. The highest BCUT2D eigenvalue weighted by atomic mass is 16.2. The Morgan fingerprint density at radius 2 is 2.05 bits per heavy atom. The van der Waals surface area contributed by atoms with Crippen LogP contribution in [0.2, 0.25) is 0 Å². The van der Waals surface area contributed by atoms with Crippen molar-refractivity contribution in [1.29, 1.82) is 0 Å². The lowest BCUT2D eigenvalue weighted by Gasteiger charge is -2.33. The van der Waals surface area contributed by atoms with Crippen molar-refractivity contribution in [2.75, 3.05) is 19.6 Å². The average Bonchev–Trinajstić information content (AvgIpc) is 2.47. The number of hydrogen-bond donors (Lipinski definition) is 1. The summed E-state index contributed by atoms with van der Waals surface area (Å²) in [5, 5.41) is 3.45. The van der Waals surface area contributed by atoms with Crippen molar-refractivity contribution in [2.45, 2.75) is 45.6 Å². The molecule has 0 spiro atoms. The van der Waals surface area contributed by atoms with Crippen LogP contribution in [0.1, 0.15) is 55.5 Å². The van der Waals surface area contributed by atoms with Crippen LogP contribution in [0.15, 0.2) is 24.3 Å². The topological polar surface area (TPSA) is 32.3 Å². The van der Waals surface area contributed by atoms with Gasteiger partial charge in [-0.2, -0.15) is 0 Å². The van der Waals surface area contributed by atoms with Crippen LogP contribution in [0.5, 0.6) is 0 Å². The maximum absolute atomic E-state index is 12.5. The molecule has 1 aliphatic heterocycles. The second kappa shape index (κ2) is 6.89. The number of piperidine rings is 1. The molecule has 2 rings (SSSR count). The summed E-state index contributed by atoms with van der Waals surface area (Å²) in [4.78, 5) is 14.5. The molecule has 0 radical (unpaired) electrons. The van der Waals surface area contributed by atoms with Gasteiger partial charge in [0.05, 0.1) is 0 Å². The summed E-state index contributed by atoms with van der Waals surface area (Å²) < 4.78 is 0. The molecule has 0 bridgehead atoms. The van der Waals surface area contributed by atoms with E-state index < -0.39 is 0 Å². The third-order valence-corrected chi connectivity index (χ3v) is 4.03. The molecule has 110 valence electrons. The molecule has 1 unspecified atom stereocenters. The summed E-state index contributed by atoms with van der Waals surface area (Å²) in [6.45, 7) is 9.14. The van der Waals surface area contributed by atoms with Crippen molar-refractivity contribution in [3.63, 3.8) is 0 Å². The van der Waals surface area contributed by atoms with Crippen molar-refractivity contribution in [1.82, 2.24) is 10.2 Å². The minimum atomic E-state index is 0.169. The van der Waals surface area contributed by atoms with Gasteiger partial charge in [0, 0.05) is 24.7 Å². The van der Waals surface area contributed by atoms with E-state index >= 15 is 0 Å². The second-order valence-corrected chi connectivity index (χ2v) is 5.92. The number of nitrogens with one attached hydrogen (secondary N) is 1. The van der Waals surface area contributed by atoms with Crippen LogP contribution in [0.25, 0.3) is 0 Å². The Labute approximate surface area is 122 Å². The standard InChI is InChI=1S/C17H26N2O/c1-4-18-16-6-5-11-19(12-16)17(20)15-9-7-14(8-10-15)13(2)3/h7-10,13,16,18H,4-6,11-12H2,1-3H3. The van der Waals surface area contributed by atoms with Crippen LogP contribution in [-0.2, 0) is 0 Å². The quantitative estimate of drug-likeness (QED) is 0.915. The first-order chi connectivity index (χ1) is 9.61. The first kappa shape index (κ1) is 15.0. The molecular weight excluding hydrogens is 248 g/mol. The van der Waals surface area contributed by atoms with E-state index in [4.69, 9.17) is 0 Å². The van der Waals surface area contributed by atoms with E-state index in [0.717, 1.165) is 31.6 Å². The number of rotatable bonds is 4. The Morgan fingerprint density at radius 1 is 1.35 bits per heavy atom. The highest BCUT2D eigenvalue weighted by Gasteiger charge is 2.23. The first-order valence-electron chi connectivity index (χ1n) is 7.74. The van der Waals surface area contributed by atoms with E-state index in [2.05, 4.69) is 38.2 Å². The fourth-order valence-electron chi connectivity index (χ4n) is 2.81. The van der Waals surface area contributed by atoms with Gasteiger partial charge in [0.25, 0.3) is 5.91 Å². The number of benzene rings is 1. The van der Waals surface area contributed by atoms with Gasteiger partial charge in [0.15, 0.2) is 0 Å². The van der Waals surface area contributed by atoms with Crippen molar-refractivity contribution >= 4 is 5.91 Å². The largest absolute Gasteiger partial charge is 0.337 e. The van der Waals surface area contributed by atoms with Crippen LogP contribution < -0.4 is 5.32 Å². The van der Waals surface area contributed by atoms with Crippen LogP contribution in [0.4, 0.5) is 0 Å². The Bertz CT molecular complexity index is 437. The Kier molecular flexibility index (Phi) is 5.18. The molecule has 20 heavy (non-hydrogen) atoms. The number of likely N-dealkylation sites (tertiary alicyclic amines) is 1. The van der Waals surface area contributed by atoms with Crippen LogP contribution in [0.3, 0.4) is 0 Å². The average molecular weight is 274 g/mol. The third kappa shape index (κ3) is 3.60. The highest BCUT2D eigenvalue weighted by Crippen LogP contribution is 2.17. The molecule has 1 N–H and O–H groups in total. The predicted octanol–water partition coefficient (Wildman–Crippen LogP) is 3.02. The molecule has 1 aliphatic rings. The first-order valence-corrected chi connectivity index (χ1v) is 7.74. The maximum atomic E-state index is 12.5. The summed E-state index contributed by atoms with van der Waals surface area (Å²) in [5.41, 5.74) is 2.09. The van der Waals surface area contributed by atoms with Crippen molar-refractivity contribution in [3.8, 4) is 0 Å². The third-order valence-electron chi connectivity index (χ3n) is 4.03. The number of nitrogens with zero attached hydrogens (tertiary/aromatic N) is 1. The highest BCUT2D eigenvalue weighted by molar-refractivity contribution is 5.94. The van der Waals surface area contributed by atoms with Gasteiger partial charge in [0.2, 0.25) is 0 Å². The molecule has 1 fully saturated rings. The van der Waals surface area contributed by atoms with Gasteiger partial charge in [-0.15, -0.1) is 0 Å². The van der Waals surface area contributed by atoms with Gasteiger partial charge in [-0.3, -0.25) is 4.79 Å². The van der Waals surface area contributed by atoms with E-state index in [1.54, 1.807) is 0 Å². The molecule has 1 saturated heterocycles. The molecule has 1 heterocycles. The molecule has 0 saturated carbocycles. The number of hydrogen-bond acceptors (Lipinski definition) is 2. The van der Waals surface area contributed by atoms with E-state index in [9.17, 15) is 4.79 Å². The zero-order chi connectivity index (χ0) is 14.5. The van der Waals surface area contributed by atoms with Gasteiger partial charge in [-0.25, -0.2) is 0 Å². The van der Waals surface area contributed by atoms with E-state index in [1.807, 2.05) is 17.0 Å². The number of likely N-dealkylation sites (N-methyl/N-ethyl adjacent to an activating group) is 1. The Morgan fingerprint density at radius 3 is 2.65 bits per heavy atom. The van der Waals surface area contributed by atoms with Gasteiger partial charge >= 0.3 is 0 Å². The van der Waals surface area contributed by atoms with E-state index in [1.165, 1.54) is 12.0 Å². The number of carbonyl (C=O) groups excluding carboxylic acids is 1. The molecule has 1 aromatic rings. The second-order valence-electron chi connectivity index (χ2n) is 5.92.